The minimum Gasteiger partial charge on any atom is -0.598 e. The van der Waals surface area contributed by atoms with Crippen LogP contribution in [-0.4, -0.2) is 50.0 Å². The number of ether oxygens (including phenoxy) is 1. The summed E-state index contributed by atoms with van der Waals surface area (Å²) in [5.41, 5.74) is 1.39. The first-order valence-corrected chi connectivity index (χ1v) is 11.9. The van der Waals surface area contributed by atoms with E-state index in [9.17, 15) is 17.7 Å². The Morgan fingerprint density at radius 1 is 1.15 bits per heavy atom. The molecule has 3 heterocycles. The average molecular weight is 484 g/mol. The number of nitrogens with zero attached hydrogens (tertiary/aromatic N) is 4. The van der Waals surface area contributed by atoms with E-state index in [0.717, 1.165) is 17.3 Å². The van der Waals surface area contributed by atoms with Crippen LogP contribution in [0.5, 0.6) is 0 Å². The third-order valence-corrected chi connectivity index (χ3v) is 7.23. The maximum absolute atomic E-state index is 13.6. The van der Waals surface area contributed by atoms with Gasteiger partial charge in [-0.15, -0.1) is 4.72 Å². The Kier molecular flexibility index (Phi) is 6.27. The summed E-state index contributed by atoms with van der Waals surface area (Å²) in [5.74, 6) is 0.387. The van der Waals surface area contributed by atoms with E-state index in [4.69, 9.17) is 9.72 Å². The van der Waals surface area contributed by atoms with Crippen LogP contribution in [0.4, 0.5) is 19.1 Å². The highest BCUT2D eigenvalue weighted by atomic mass is 32.2. The summed E-state index contributed by atoms with van der Waals surface area (Å²) in [6.45, 7) is 11.3. The quantitative estimate of drug-likeness (QED) is 0.562. The highest BCUT2D eigenvalue weighted by Gasteiger charge is 2.35. The van der Waals surface area contributed by atoms with Crippen LogP contribution in [0.1, 0.15) is 50.6 Å². The van der Waals surface area contributed by atoms with Crippen molar-refractivity contribution < 1.29 is 22.5 Å². The van der Waals surface area contributed by atoms with Crippen molar-refractivity contribution in [2.75, 3.05) is 31.2 Å². The van der Waals surface area contributed by atoms with Gasteiger partial charge in [-0.1, -0.05) is 6.07 Å². The molecule has 33 heavy (non-hydrogen) atoms. The van der Waals surface area contributed by atoms with Crippen LogP contribution in [0.15, 0.2) is 18.3 Å². The van der Waals surface area contributed by atoms with Crippen molar-refractivity contribution >= 4 is 33.9 Å². The second kappa shape index (κ2) is 8.61. The number of anilines is 1. The molecule has 0 radical (unpaired) electrons. The molecular formula is C22H28F3N5O2S. The third-order valence-electron chi connectivity index (χ3n) is 5.55. The monoisotopic (exact) mass is 483 g/mol. The Morgan fingerprint density at radius 2 is 1.82 bits per heavy atom. The van der Waals surface area contributed by atoms with Gasteiger partial charge in [-0.3, -0.25) is 4.40 Å². The van der Waals surface area contributed by atoms with E-state index >= 15 is 0 Å². The second-order valence-corrected chi connectivity index (χ2v) is 11.3. The molecule has 1 fully saturated rings. The number of aromatic nitrogens is 3. The molecule has 11 heteroatoms. The topological polar surface area (TPSA) is 77.8 Å². The predicted octanol–water partition coefficient (Wildman–Crippen LogP) is 4.16. The standard InChI is InChI=1S/C22H28F3N5O2S/c1-13-10-15(14(2)28-33(31)21(3,4)5)18-16(11-13)19-26-17(22(23,24)25)12-30(19)20(27-18)29-6-8-32-9-7-29/h10-12,14,28H,6-9H2,1-5H3/t14-,33?/m1/s1. The lowest BCUT2D eigenvalue weighted by Gasteiger charge is -2.29. The molecule has 1 aliphatic heterocycles. The normalized spacial score (nSPS) is 17.7. The minimum absolute atomic E-state index is 0.197. The molecular weight excluding hydrogens is 455 g/mol. The first-order valence-electron chi connectivity index (χ1n) is 10.8. The van der Waals surface area contributed by atoms with Crippen molar-refractivity contribution in [2.45, 2.75) is 51.6 Å². The lowest BCUT2D eigenvalue weighted by molar-refractivity contribution is -0.140. The van der Waals surface area contributed by atoms with Crippen molar-refractivity contribution in [3.63, 3.8) is 0 Å². The summed E-state index contributed by atoms with van der Waals surface area (Å²) < 4.78 is 62.9. The van der Waals surface area contributed by atoms with Crippen LogP contribution < -0.4 is 9.62 Å². The van der Waals surface area contributed by atoms with Crippen LogP contribution in [0.25, 0.3) is 16.6 Å². The molecule has 2 aromatic heterocycles. The summed E-state index contributed by atoms with van der Waals surface area (Å²) in [7, 11) is 0. The van der Waals surface area contributed by atoms with Gasteiger partial charge in [-0.2, -0.15) is 13.2 Å². The molecule has 1 N–H and O–H groups in total. The van der Waals surface area contributed by atoms with Crippen LogP contribution in [0, 0.1) is 6.92 Å². The summed E-state index contributed by atoms with van der Waals surface area (Å²) in [6, 6.07) is 3.38. The Morgan fingerprint density at radius 3 is 2.42 bits per heavy atom. The average Bonchev–Trinajstić information content (AvgIpc) is 3.19. The molecule has 0 spiro atoms. The van der Waals surface area contributed by atoms with Gasteiger partial charge >= 0.3 is 6.18 Å². The van der Waals surface area contributed by atoms with Crippen molar-refractivity contribution in [3.05, 3.63) is 35.2 Å². The molecule has 1 unspecified atom stereocenters. The summed E-state index contributed by atoms with van der Waals surface area (Å²) in [4.78, 5) is 10.7. The maximum Gasteiger partial charge on any atom is 0.434 e. The van der Waals surface area contributed by atoms with Gasteiger partial charge in [0.25, 0.3) is 0 Å². The lowest BCUT2D eigenvalue weighted by atomic mass is 10.0. The number of hydrogen-bond donors (Lipinski definition) is 1. The van der Waals surface area contributed by atoms with Gasteiger partial charge in [0.2, 0.25) is 5.95 Å². The van der Waals surface area contributed by atoms with E-state index in [1.54, 1.807) is 6.07 Å². The third kappa shape index (κ3) is 4.77. The smallest absolute Gasteiger partial charge is 0.434 e. The summed E-state index contributed by atoms with van der Waals surface area (Å²) >= 11 is -1.34. The van der Waals surface area contributed by atoms with E-state index in [2.05, 4.69) is 9.71 Å². The number of imidazole rings is 1. The first-order chi connectivity index (χ1) is 15.4. The number of aryl methyl sites for hydroxylation is 1. The number of fused-ring (bicyclic) bond motifs is 3. The number of alkyl halides is 3. The molecule has 180 valence electrons. The SMILES string of the molecule is Cc1cc([C@@H](C)N[S+]([O-])C(C)(C)C)c2nc(N3CCOCC3)n3cc(C(F)(F)F)nc3c2c1. The van der Waals surface area contributed by atoms with Crippen molar-refractivity contribution in [2.24, 2.45) is 0 Å². The summed E-state index contributed by atoms with van der Waals surface area (Å²) in [6.07, 6.45) is -3.57. The Labute approximate surface area is 193 Å². The molecule has 0 bridgehead atoms. The van der Waals surface area contributed by atoms with Gasteiger partial charge in [0.05, 0.1) is 24.8 Å². The van der Waals surface area contributed by atoms with Gasteiger partial charge in [-0.05, 0) is 46.2 Å². The van der Waals surface area contributed by atoms with E-state index < -0.39 is 28.0 Å². The summed E-state index contributed by atoms with van der Waals surface area (Å²) in [5, 5.41) is 0.521. The van der Waals surface area contributed by atoms with Gasteiger partial charge in [-0.25, -0.2) is 9.97 Å². The zero-order valence-electron chi connectivity index (χ0n) is 19.3. The molecule has 0 amide bonds. The molecule has 1 aliphatic rings. The number of hydrogen-bond acceptors (Lipinski definition) is 6. The molecule has 0 aliphatic carbocycles. The predicted molar refractivity (Wildman–Crippen MR) is 123 cm³/mol. The highest BCUT2D eigenvalue weighted by molar-refractivity contribution is 7.90. The van der Waals surface area contributed by atoms with Gasteiger partial charge < -0.3 is 14.2 Å². The Hall–Kier alpha value is -2.08. The zero-order chi connectivity index (χ0) is 24.1. The zero-order valence-corrected chi connectivity index (χ0v) is 20.1. The van der Waals surface area contributed by atoms with E-state index in [1.807, 2.05) is 45.6 Å². The largest absolute Gasteiger partial charge is 0.598 e. The molecule has 1 aromatic carbocycles. The van der Waals surface area contributed by atoms with Crippen molar-refractivity contribution in [1.82, 2.24) is 19.1 Å². The number of benzene rings is 1. The second-order valence-electron chi connectivity index (χ2n) is 9.30. The molecule has 0 saturated carbocycles. The lowest BCUT2D eigenvalue weighted by Crippen LogP contribution is -2.40. The molecule has 4 rings (SSSR count). The van der Waals surface area contributed by atoms with Gasteiger partial charge in [0.1, 0.15) is 10.4 Å². The maximum atomic E-state index is 13.6. The van der Waals surface area contributed by atoms with E-state index in [1.165, 1.54) is 4.40 Å². The van der Waals surface area contributed by atoms with E-state index in [-0.39, 0.29) is 11.7 Å². The minimum atomic E-state index is -4.58. The fourth-order valence-electron chi connectivity index (χ4n) is 3.83. The van der Waals surface area contributed by atoms with Crippen LogP contribution in [0.3, 0.4) is 0 Å². The van der Waals surface area contributed by atoms with Gasteiger partial charge in [0.15, 0.2) is 5.69 Å². The van der Waals surface area contributed by atoms with E-state index in [0.29, 0.717) is 43.2 Å². The number of morpholine rings is 1. The first kappa shape index (κ1) is 24.1. The molecule has 3 aromatic rings. The van der Waals surface area contributed by atoms with Gasteiger partial charge in [0, 0.05) is 41.6 Å². The van der Waals surface area contributed by atoms with Crippen molar-refractivity contribution in [3.8, 4) is 0 Å². The molecule has 7 nitrogen and oxygen atoms in total. The van der Waals surface area contributed by atoms with Crippen LogP contribution in [-0.2, 0) is 22.3 Å². The number of halogens is 3. The fraction of sp³-hybridized carbons (Fsp3) is 0.545. The number of nitrogens with one attached hydrogen (secondary N) is 1. The fourth-order valence-corrected chi connectivity index (χ4v) is 4.63. The number of rotatable bonds is 4. The molecule has 2 atom stereocenters. The highest BCUT2D eigenvalue weighted by Crippen LogP contribution is 2.35. The van der Waals surface area contributed by atoms with Crippen LogP contribution >= 0.6 is 0 Å². The van der Waals surface area contributed by atoms with Crippen LogP contribution in [0.2, 0.25) is 0 Å². The Bertz CT molecular complexity index is 1170. The molecule has 1 saturated heterocycles. The Balaban J connectivity index is 1.95. The van der Waals surface area contributed by atoms with Crippen molar-refractivity contribution in [1.29, 1.82) is 0 Å².